The molecule has 1 N–H and O–H groups in total. The van der Waals surface area contributed by atoms with Crippen LogP contribution in [0.5, 0.6) is 0 Å². The zero-order chi connectivity index (χ0) is 9.94. The largest absolute Gasteiger partial charge is 0.391 e. The first-order chi connectivity index (χ1) is 6.31. The summed E-state index contributed by atoms with van der Waals surface area (Å²) in [5.41, 5.74) is 0. The number of alkyl halides is 1. The standard InChI is InChI=1S/C10H19ClOS/c1-2-3-4-5-6-7-13-9-10(12)8-11/h6-7,10,12H,2-5,8-9H2,1H3. The highest BCUT2D eigenvalue weighted by atomic mass is 35.5. The Morgan fingerprint density at radius 1 is 1.46 bits per heavy atom. The molecule has 3 heteroatoms. The van der Waals surface area contributed by atoms with Gasteiger partial charge in [0.15, 0.2) is 0 Å². The Morgan fingerprint density at radius 2 is 2.23 bits per heavy atom. The van der Waals surface area contributed by atoms with Crippen molar-refractivity contribution in [3.8, 4) is 0 Å². The molecule has 1 nitrogen and oxygen atoms in total. The van der Waals surface area contributed by atoms with Crippen molar-refractivity contribution in [1.82, 2.24) is 0 Å². The molecule has 0 aliphatic heterocycles. The number of rotatable bonds is 8. The van der Waals surface area contributed by atoms with Crippen molar-refractivity contribution in [2.45, 2.75) is 38.7 Å². The molecule has 0 radical (unpaired) electrons. The maximum Gasteiger partial charge on any atom is 0.0769 e. The van der Waals surface area contributed by atoms with Crippen LogP contribution in [0.4, 0.5) is 0 Å². The normalized spacial score (nSPS) is 13.8. The van der Waals surface area contributed by atoms with E-state index in [1.165, 1.54) is 19.3 Å². The number of halogens is 1. The second kappa shape index (κ2) is 10.4. The van der Waals surface area contributed by atoms with Gasteiger partial charge in [-0.25, -0.2) is 0 Å². The summed E-state index contributed by atoms with van der Waals surface area (Å²) in [6.07, 6.45) is 6.79. The zero-order valence-electron chi connectivity index (χ0n) is 8.21. The predicted molar refractivity (Wildman–Crippen MR) is 62.5 cm³/mol. The summed E-state index contributed by atoms with van der Waals surface area (Å²) in [7, 11) is 0. The van der Waals surface area contributed by atoms with Gasteiger partial charge in [-0.3, -0.25) is 0 Å². The van der Waals surface area contributed by atoms with Gasteiger partial charge in [-0.1, -0.05) is 25.8 Å². The number of unbranched alkanes of at least 4 members (excludes halogenated alkanes) is 3. The van der Waals surface area contributed by atoms with Gasteiger partial charge in [-0.2, -0.15) is 0 Å². The Hall–Kier alpha value is 0.340. The minimum absolute atomic E-state index is 0.330. The van der Waals surface area contributed by atoms with Crippen LogP contribution in [0.1, 0.15) is 32.6 Å². The van der Waals surface area contributed by atoms with Crippen LogP contribution in [0.2, 0.25) is 0 Å². The van der Waals surface area contributed by atoms with Crippen molar-refractivity contribution in [1.29, 1.82) is 0 Å². The molecule has 0 aromatic rings. The molecule has 0 saturated heterocycles. The lowest BCUT2D eigenvalue weighted by Crippen LogP contribution is -2.10. The third-order valence-electron chi connectivity index (χ3n) is 1.63. The van der Waals surface area contributed by atoms with E-state index in [-0.39, 0.29) is 6.10 Å². The summed E-state index contributed by atoms with van der Waals surface area (Å²) < 4.78 is 0. The van der Waals surface area contributed by atoms with E-state index in [0.29, 0.717) is 11.6 Å². The van der Waals surface area contributed by atoms with Crippen LogP contribution >= 0.6 is 23.4 Å². The number of hydrogen-bond acceptors (Lipinski definition) is 2. The monoisotopic (exact) mass is 222 g/mol. The minimum Gasteiger partial charge on any atom is -0.391 e. The Morgan fingerprint density at radius 3 is 2.85 bits per heavy atom. The van der Waals surface area contributed by atoms with Crippen molar-refractivity contribution in [3.63, 3.8) is 0 Å². The van der Waals surface area contributed by atoms with Crippen LogP contribution in [0.3, 0.4) is 0 Å². The molecular formula is C10H19ClOS. The fraction of sp³-hybridized carbons (Fsp3) is 0.800. The zero-order valence-corrected chi connectivity index (χ0v) is 9.78. The van der Waals surface area contributed by atoms with Crippen molar-refractivity contribution < 1.29 is 5.11 Å². The smallest absolute Gasteiger partial charge is 0.0769 e. The third-order valence-corrected chi connectivity index (χ3v) is 2.95. The van der Waals surface area contributed by atoms with E-state index < -0.39 is 0 Å². The molecule has 0 rings (SSSR count). The van der Waals surface area contributed by atoms with Crippen LogP contribution in [-0.4, -0.2) is 22.8 Å². The first kappa shape index (κ1) is 13.3. The lowest BCUT2D eigenvalue weighted by molar-refractivity contribution is 0.224. The Labute approximate surface area is 90.6 Å². The Balaban J connectivity index is 3.12. The number of allylic oxidation sites excluding steroid dienone is 1. The average molecular weight is 223 g/mol. The Kier molecular flexibility index (Phi) is 10.7. The fourth-order valence-corrected chi connectivity index (χ4v) is 1.82. The molecule has 0 aliphatic carbocycles. The van der Waals surface area contributed by atoms with Crippen molar-refractivity contribution >= 4 is 23.4 Å². The summed E-state index contributed by atoms with van der Waals surface area (Å²) in [5, 5.41) is 11.2. The molecule has 1 atom stereocenters. The van der Waals surface area contributed by atoms with Gasteiger partial charge < -0.3 is 5.11 Å². The first-order valence-corrected chi connectivity index (χ1v) is 6.40. The van der Waals surface area contributed by atoms with Gasteiger partial charge in [0.05, 0.1) is 6.10 Å². The number of aliphatic hydroxyl groups excluding tert-OH is 1. The molecule has 0 bridgehead atoms. The van der Waals surface area contributed by atoms with E-state index >= 15 is 0 Å². The molecule has 0 amide bonds. The van der Waals surface area contributed by atoms with E-state index in [1.807, 2.05) is 0 Å². The van der Waals surface area contributed by atoms with E-state index in [1.54, 1.807) is 11.8 Å². The topological polar surface area (TPSA) is 20.2 Å². The second-order valence-corrected chi connectivity index (χ2v) is 4.26. The van der Waals surface area contributed by atoms with Gasteiger partial charge in [-0.05, 0) is 18.2 Å². The number of aliphatic hydroxyl groups is 1. The van der Waals surface area contributed by atoms with Gasteiger partial charge in [0.25, 0.3) is 0 Å². The molecule has 1 unspecified atom stereocenters. The van der Waals surface area contributed by atoms with Crippen molar-refractivity contribution in [2.75, 3.05) is 11.6 Å². The SMILES string of the molecule is CCCCCC=CSCC(O)CCl. The van der Waals surface area contributed by atoms with Gasteiger partial charge >= 0.3 is 0 Å². The quantitative estimate of drug-likeness (QED) is 0.502. The van der Waals surface area contributed by atoms with Crippen LogP contribution in [-0.2, 0) is 0 Å². The lowest BCUT2D eigenvalue weighted by atomic mass is 10.2. The van der Waals surface area contributed by atoms with E-state index in [0.717, 1.165) is 6.42 Å². The van der Waals surface area contributed by atoms with Gasteiger partial charge in [-0.15, -0.1) is 23.4 Å². The minimum atomic E-state index is -0.369. The van der Waals surface area contributed by atoms with Gasteiger partial charge in [0.1, 0.15) is 0 Å². The molecule has 0 fully saturated rings. The van der Waals surface area contributed by atoms with E-state index in [2.05, 4.69) is 18.4 Å². The van der Waals surface area contributed by atoms with Crippen molar-refractivity contribution in [3.05, 3.63) is 11.5 Å². The molecule has 78 valence electrons. The number of hydrogen-bond donors (Lipinski definition) is 1. The highest BCUT2D eigenvalue weighted by Crippen LogP contribution is 2.08. The van der Waals surface area contributed by atoms with E-state index in [9.17, 15) is 0 Å². The second-order valence-electron chi connectivity index (χ2n) is 3.01. The van der Waals surface area contributed by atoms with Gasteiger partial charge in [0, 0.05) is 11.6 Å². The molecule has 13 heavy (non-hydrogen) atoms. The molecule has 0 aliphatic rings. The summed E-state index contributed by atoms with van der Waals surface area (Å²) in [5.74, 6) is 1.03. The highest BCUT2D eigenvalue weighted by Gasteiger charge is 1.98. The van der Waals surface area contributed by atoms with Gasteiger partial charge in [0.2, 0.25) is 0 Å². The molecule has 0 aromatic heterocycles. The van der Waals surface area contributed by atoms with Crippen LogP contribution in [0.15, 0.2) is 11.5 Å². The summed E-state index contributed by atoms with van der Waals surface area (Å²) in [4.78, 5) is 0. The van der Waals surface area contributed by atoms with E-state index in [4.69, 9.17) is 16.7 Å². The van der Waals surface area contributed by atoms with Crippen LogP contribution < -0.4 is 0 Å². The highest BCUT2D eigenvalue weighted by molar-refractivity contribution is 8.02. The molecule has 0 aromatic carbocycles. The van der Waals surface area contributed by atoms with Crippen molar-refractivity contribution in [2.24, 2.45) is 0 Å². The van der Waals surface area contributed by atoms with Crippen LogP contribution in [0.25, 0.3) is 0 Å². The Bertz CT molecular complexity index is 128. The summed E-state index contributed by atoms with van der Waals surface area (Å²) in [6, 6.07) is 0. The molecule has 0 spiro atoms. The number of thioether (sulfide) groups is 1. The molecular weight excluding hydrogens is 204 g/mol. The molecule has 0 heterocycles. The first-order valence-electron chi connectivity index (χ1n) is 4.82. The maximum absolute atomic E-state index is 9.11. The predicted octanol–water partition coefficient (Wildman–Crippen LogP) is 3.41. The average Bonchev–Trinajstić information content (AvgIpc) is 2.16. The lowest BCUT2D eigenvalue weighted by Gasteiger charge is -2.01. The third kappa shape index (κ3) is 10.3. The summed E-state index contributed by atoms with van der Waals surface area (Å²) >= 11 is 7.07. The van der Waals surface area contributed by atoms with Crippen LogP contribution in [0, 0.1) is 0 Å². The maximum atomic E-state index is 9.11. The molecule has 0 saturated carbocycles. The summed E-state index contributed by atoms with van der Waals surface area (Å²) in [6.45, 7) is 2.20. The fourth-order valence-electron chi connectivity index (χ4n) is 0.859.